The van der Waals surface area contributed by atoms with Crippen LogP contribution < -0.4 is 15.5 Å². The molecule has 1 aromatic rings. The highest BCUT2D eigenvalue weighted by Crippen LogP contribution is 2.30. The molecule has 0 spiro atoms. The Labute approximate surface area is 141 Å². The van der Waals surface area contributed by atoms with Gasteiger partial charge in [-0.25, -0.2) is 0 Å². The second kappa shape index (κ2) is 6.60. The molecule has 1 atom stereocenters. The smallest absolute Gasteiger partial charge is 0.255 e. The van der Waals surface area contributed by atoms with E-state index in [0.717, 1.165) is 24.3 Å². The number of benzene rings is 1. The summed E-state index contributed by atoms with van der Waals surface area (Å²) in [7, 11) is 3.92. The Balaban J connectivity index is 1.77. The minimum absolute atomic E-state index is 0.135. The average molecular weight is 330 g/mol. The minimum Gasteiger partial charge on any atom is -0.373 e. The van der Waals surface area contributed by atoms with Crippen LogP contribution in [-0.2, 0) is 16.1 Å². The number of carbonyl (C=O) groups is 3. The molecule has 0 aliphatic carbocycles. The number of carbonyl (C=O) groups excluding carboxylic acids is 3. The van der Waals surface area contributed by atoms with Crippen LogP contribution in [0.3, 0.4) is 0 Å². The number of hydrogen-bond donors (Lipinski definition) is 2. The molecule has 0 aromatic heterocycles. The monoisotopic (exact) mass is 330 g/mol. The Morgan fingerprint density at radius 2 is 2.12 bits per heavy atom. The van der Waals surface area contributed by atoms with Crippen LogP contribution in [0.1, 0.15) is 28.8 Å². The Morgan fingerprint density at radius 1 is 1.33 bits per heavy atom. The zero-order valence-corrected chi connectivity index (χ0v) is 14.0. The topological polar surface area (TPSA) is 81.8 Å². The number of rotatable bonds is 5. The van der Waals surface area contributed by atoms with Gasteiger partial charge in [-0.15, -0.1) is 0 Å². The fourth-order valence-electron chi connectivity index (χ4n) is 3.21. The number of imide groups is 1. The second-order valence-electron chi connectivity index (χ2n) is 6.27. The molecule has 2 N–H and O–H groups in total. The van der Waals surface area contributed by atoms with Gasteiger partial charge in [-0.05, 0) is 37.2 Å². The molecule has 1 aromatic carbocycles. The SMILES string of the molecule is CNCCN(C)c1ccc2c(c1)CN(C1CCC(=O)NC1=O)C2=O. The highest BCUT2D eigenvalue weighted by atomic mass is 16.2. The standard InChI is InChI=1S/C17H22N4O3/c1-18-7-8-20(2)12-3-4-13-11(9-12)10-21(17(13)24)14-5-6-15(22)19-16(14)23/h3-4,9,14,18H,5-8,10H2,1-2H3,(H,19,22,23). The molecule has 128 valence electrons. The van der Waals surface area contributed by atoms with Gasteiger partial charge in [0.2, 0.25) is 11.8 Å². The number of piperidine rings is 1. The lowest BCUT2D eigenvalue weighted by molar-refractivity contribution is -0.136. The van der Waals surface area contributed by atoms with Crippen molar-refractivity contribution < 1.29 is 14.4 Å². The van der Waals surface area contributed by atoms with Gasteiger partial charge in [0.05, 0.1) is 0 Å². The summed E-state index contributed by atoms with van der Waals surface area (Å²) < 4.78 is 0. The molecular formula is C17H22N4O3. The van der Waals surface area contributed by atoms with E-state index in [1.54, 1.807) is 4.90 Å². The summed E-state index contributed by atoms with van der Waals surface area (Å²) in [4.78, 5) is 39.6. The van der Waals surface area contributed by atoms with Crippen molar-refractivity contribution in [3.05, 3.63) is 29.3 Å². The predicted octanol–water partition coefficient (Wildman–Crippen LogP) is 0.103. The number of nitrogens with zero attached hydrogens (tertiary/aromatic N) is 2. The van der Waals surface area contributed by atoms with Crippen LogP contribution in [0.15, 0.2) is 18.2 Å². The Bertz CT molecular complexity index is 688. The van der Waals surface area contributed by atoms with Gasteiger partial charge in [0.1, 0.15) is 6.04 Å². The Morgan fingerprint density at radius 3 is 2.83 bits per heavy atom. The van der Waals surface area contributed by atoms with E-state index >= 15 is 0 Å². The third kappa shape index (κ3) is 2.99. The number of fused-ring (bicyclic) bond motifs is 1. The normalized spacial score (nSPS) is 20.2. The van der Waals surface area contributed by atoms with Gasteiger partial charge in [-0.2, -0.15) is 0 Å². The number of likely N-dealkylation sites (N-methyl/N-ethyl adjacent to an activating group) is 2. The van der Waals surface area contributed by atoms with E-state index in [2.05, 4.69) is 15.5 Å². The lowest BCUT2D eigenvalue weighted by Crippen LogP contribution is -2.52. The molecule has 1 saturated heterocycles. The van der Waals surface area contributed by atoms with Gasteiger partial charge in [0, 0.05) is 44.4 Å². The van der Waals surface area contributed by atoms with E-state index in [1.165, 1.54) is 0 Å². The zero-order chi connectivity index (χ0) is 17.3. The summed E-state index contributed by atoms with van der Waals surface area (Å²) in [5.41, 5.74) is 2.62. The second-order valence-corrected chi connectivity index (χ2v) is 6.27. The van der Waals surface area contributed by atoms with Gasteiger partial charge in [-0.1, -0.05) is 0 Å². The third-order valence-corrected chi connectivity index (χ3v) is 4.65. The van der Waals surface area contributed by atoms with Crippen molar-refractivity contribution in [2.24, 2.45) is 0 Å². The molecule has 2 aliphatic rings. The van der Waals surface area contributed by atoms with E-state index in [-0.39, 0.29) is 24.1 Å². The van der Waals surface area contributed by atoms with Crippen molar-refractivity contribution in [3.63, 3.8) is 0 Å². The van der Waals surface area contributed by atoms with Gasteiger partial charge in [0.15, 0.2) is 0 Å². The number of amides is 3. The zero-order valence-electron chi connectivity index (χ0n) is 14.0. The van der Waals surface area contributed by atoms with Crippen LogP contribution in [0.25, 0.3) is 0 Å². The third-order valence-electron chi connectivity index (χ3n) is 4.65. The van der Waals surface area contributed by atoms with Crippen LogP contribution in [0.5, 0.6) is 0 Å². The Hall–Kier alpha value is -2.41. The lowest BCUT2D eigenvalue weighted by Gasteiger charge is -2.29. The fourth-order valence-corrected chi connectivity index (χ4v) is 3.21. The summed E-state index contributed by atoms with van der Waals surface area (Å²) in [6.45, 7) is 2.14. The van der Waals surface area contributed by atoms with Crippen LogP contribution in [0.2, 0.25) is 0 Å². The first-order valence-corrected chi connectivity index (χ1v) is 8.14. The van der Waals surface area contributed by atoms with Crippen LogP contribution in [-0.4, -0.2) is 55.8 Å². The molecule has 7 heteroatoms. The van der Waals surface area contributed by atoms with E-state index in [9.17, 15) is 14.4 Å². The highest BCUT2D eigenvalue weighted by Gasteiger charge is 2.39. The predicted molar refractivity (Wildman–Crippen MR) is 89.7 cm³/mol. The lowest BCUT2D eigenvalue weighted by atomic mass is 10.0. The highest BCUT2D eigenvalue weighted by molar-refractivity contribution is 6.05. The first-order chi connectivity index (χ1) is 11.5. The van der Waals surface area contributed by atoms with E-state index in [4.69, 9.17) is 0 Å². The molecule has 0 bridgehead atoms. The quantitative estimate of drug-likeness (QED) is 0.749. The molecule has 1 fully saturated rings. The van der Waals surface area contributed by atoms with Crippen LogP contribution in [0, 0.1) is 0 Å². The number of hydrogen-bond acceptors (Lipinski definition) is 5. The molecule has 3 rings (SSSR count). The molecular weight excluding hydrogens is 308 g/mol. The van der Waals surface area contributed by atoms with Crippen molar-refractivity contribution in [1.82, 2.24) is 15.5 Å². The van der Waals surface area contributed by atoms with Gasteiger partial charge >= 0.3 is 0 Å². The molecule has 7 nitrogen and oxygen atoms in total. The molecule has 24 heavy (non-hydrogen) atoms. The Kier molecular flexibility index (Phi) is 4.53. The van der Waals surface area contributed by atoms with E-state index in [1.807, 2.05) is 32.3 Å². The molecule has 2 heterocycles. The van der Waals surface area contributed by atoms with Gasteiger partial charge in [-0.3, -0.25) is 19.7 Å². The molecule has 0 radical (unpaired) electrons. The maximum absolute atomic E-state index is 12.6. The van der Waals surface area contributed by atoms with E-state index in [0.29, 0.717) is 18.5 Å². The van der Waals surface area contributed by atoms with Crippen molar-refractivity contribution in [3.8, 4) is 0 Å². The first kappa shape index (κ1) is 16.4. The molecule has 1 unspecified atom stereocenters. The van der Waals surface area contributed by atoms with Crippen LogP contribution >= 0.6 is 0 Å². The molecule has 0 saturated carbocycles. The summed E-state index contributed by atoms with van der Waals surface area (Å²) in [6.07, 6.45) is 0.661. The summed E-state index contributed by atoms with van der Waals surface area (Å²) in [5, 5.41) is 5.43. The van der Waals surface area contributed by atoms with Gasteiger partial charge < -0.3 is 15.1 Å². The fraction of sp³-hybridized carbons (Fsp3) is 0.471. The molecule has 2 aliphatic heterocycles. The van der Waals surface area contributed by atoms with Crippen molar-refractivity contribution in [2.45, 2.75) is 25.4 Å². The average Bonchev–Trinajstić information content (AvgIpc) is 2.89. The summed E-state index contributed by atoms with van der Waals surface area (Å²) in [5.74, 6) is -0.781. The van der Waals surface area contributed by atoms with E-state index < -0.39 is 6.04 Å². The maximum Gasteiger partial charge on any atom is 0.255 e. The molecule has 3 amide bonds. The maximum atomic E-state index is 12.6. The van der Waals surface area contributed by atoms with Crippen molar-refractivity contribution in [1.29, 1.82) is 0 Å². The first-order valence-electron chi connectivity index (χ1n) is 8.14. The van der Waals surface area contributed by atoms with Crippen LogP contribution in [0.4, 0.5) is 5.69 Å². The minimum atomic E-state index is -0.562. The largest absolute Gasteiger partial charge is 0.373 e. The van der Waals surface area contributed by atoms with Crippen molar-refractivity contribution >= 4 is 23.4 Å². The number of nitrogens with one attached hydrogen (secondary N) is 2. The summed E-state index contributed by atoms with van der Waals surface area (Å²) in [6, 6.07) is 5.21. The van der Waals surface area contributed by atoms with Crippen molar-refractivity contribution in [2.75, 3.05) is 32.1 Å². The van der Waals surface area contributed by atoms with Gasteiger partial charge in [0.25, 0.3) is 5.91 Å². The number of anilines is 1. The summed E-state index contributed by atoms with van der Waals surface area (Å²) >= 11 is 0.